The van der Waals surface area contributed by atoms with E-state index in [0.29, 0.717) is 0 Å². The quantitative estimate of drug-likeness (QED) is 0.726. The van der Waals surface area contributed by atoms with Crippen LogP contribution in [-0.4, -0.2) is 19.9 Å². The van der Waals surface area contributed by atoms with Gasteiger partial charge in [-0.25, -0.2) is 4.98 Å². The number of halogens is 1. The van der Waals surface area contributed by atoms with Crippen LogP contribution in [0.2, 0.25) is 0 Å². The molecule has 104 valence electrons. The summed E-state index contributed by atoms with van der Waals surface area (Å²) in [5.41, 5.74) is 4.63. The Morgan fingerprint density at radius 2 is 1.62 bits per heavy atom. The molecule has 1 aromatic heterocycles. The van der Waals surface area contributed by atoms with E-state index >= 15 is 0 Å². The van der Waals surface area contributed by atoms with Gasteiger partial charge in [0.15, 0.2) is 5.13 Å². The summed E-state index contributed by atoms with van der Waals surface area (Å²) < 4.78 is 1.08. The molecule has 3 aromatic rings. The lowest BCUT2D eigenvalue weighted by Crippen LogP contribution is -1.99. The number of aromatic nitrogens is 1. The zero-order chi connectivity index (χ0) is 14.8. The first-order valence-corrected chi connectivity index (χ1v) is 8.30. The maximum atomic E-state index is 4.72. The number of hydrogen-bond acceptors (Lipinski definition) is 3. The van der Waals surface area contributed by atoms with Crippen molar-refractivity contribution in [2.45, 2.75) is 0 Å². The fraction of sp³-hybridized carbons (Fsp3) is 0.0625. The van der Waals surface area contributed by atoms with E-state index in [1.165, 1.54) is 15.9 Å². The third kappa shape index (κ3) is 3.04. The lowest BCUT2D eigenvalue weighted by Gasteiger charge is -2.03. The van der Waals surface area contributed by atoms with Crippen molar-refractivity contribution in [3.05, 3.63) is 53.0 Å². The van der Waals surface area contributed by atoms with Gasteiger partial charge in [-0.15, -0.1) is 0 Å². The molecule has 0 saturated heterocycles. The number of nitrogens with zero attached hydrogens (tertiary/aromatic N) is 1. The zero-order valence-electron chi connectivity index (χ0n) is 11.9. The molecular weight excluding hydrogens is 343 g/mol. The molecule has 0 bridgehead atoms. The summed E-state index contributed by atoms with van der Waals surface area (Å²) in [5.74, 6) is 0. The maximum Gasteiger partial charge on any atom is 0.183 e. The second-order valence-corrected chi connectivity index (χ2v) is 6.73. The molecule has 1 N–H and O–H groups in total. The van der Waals surface area contributed by atoms with Crippen molar-refractivity contribution in [1.82, 2.24) is 4.98 Å². The fourth-order valence-corrected chi connectivity index (χ4v) is 3.34. The molecule has 0 saturated carbocycles. The number of thiazole rings is 1. The molecule has 0 spiro atoms. The second kappa shape index (κ2) is 6.04. The summed E-state index contributed by atoms with van der Waals surface area (Å²) >= 11 is 5.16. The molecule has 0 radical (unpaired) electrons. The smallest absolute Gasteiger partial charge is 0.183 e. The van der Waals surface area contributed by atoms with Crippen molar-refractivity contribution in [1.29, 1.82) is 0 Å². The zero-order valence-corrected chi connectivity index (χ0v) is 14.3. The van der Waals surface area contributed by atoms with E-state index in [1.54, 1.807) is 11.3 Å². The molecule has 1 heterocycles. The molecular formula is C16H14BBrN2S. The van der Waals surface area contributed by atoms with Crippen molar-refractivity contribution in [2.75, 3.05) is 12.4 Å². The van der Waals surface area contributed by atoms with Crippen LogP contribution < -0.4 is 10.8 Å². The van der Waals surface area contributed by atoms with Gasteiger partial charge in [0.05, 0.1) is 10.6 Å². The SMILES string of the molecule is Bc1ccc(-c2nc(NC)sc2-c2ccc(Br)cc2)cc1. The minimum Gasteiger partial charge on any atom is -0.365 e. The largest absolute Gasteiger partial charge is 0.365 e. The summed E-state index contributed by atoms with van der Waals surface area (Å²) in [5, 5.41) is 4.08. The molecule has 0 fully saturated rings. The van der Waals surface area contributed by atoms with Crippen molar-refractivity contribution in [2.24, 2.45) is 0 Å². The Balaban J connectivity index is 2.13. The summed E-state index contributed by atoms with van der Waals surface area (Å²) in [7, 11) is 4.00. The van der Waals surface area contributed by atoms with Crippen LogP contribution in [0.4, 0.5) is 5.13 Å². The topological polar surface area (TPSA) is 24.9 Å². The van der Waals surface area contributed by atoms with E-state index in [2.05, 4.69) is 77.6 Å². The van der Waals surface area contributed by atoms with E-state index in [-0.39, 0.29) is 0 Å². The minimum absolute atomic E-state index is 0.934. The van der Waals surface area contributed by atoms with E-state index in [1.807, 2.05) is 7.05 Å². The van der Waals surface area contributed by atoms with Crippen LogP contribution in [0.25, 0.3) is 21.7 Å². The predicted molar refractivity (Wildman–Crippen MR) is 98.4 cm³/mol. The van der Waals surface area contributed by atoms with Gasteiger partial charge < -0.3 is 5.32 Å². The van der Waals surface area contributed by atoms with Gasteiger partial charge in [-0.2, -0.15) is 0 Å². The number of benzene rings is 2. The third-order valence-corrected chi connectivity index (χ3v) is 4.92. The van der Waals surface area contributed by atoms with Gasteiger partial charge in [-0.3, -0.25) is 0 Å². The molecule has 0 aliphatic rings. The van der Waals surface area contributed by atoms with E-state index in [9.17, 15) is 0 Å². The summed E-state index contributed by atoms with van der Waals surface area (Å²) in [6.07, 6.45) is 0. The predicted octanol–water partition coefficient (Wildman–Crippen LogP) is 3.54. The Bertz CT molecular complexity index is 688. The number of nitrogens with one attached hydrogen (secondary N) is 1. The van der Waals surface area contributed by atoms with E-state index in [0.717, 1.165) is 20.9 Å². The maximum absolute atomic E-state index is 4.72. The second-order valence-electron chi connectivity index (χ2n) is 4.82. The van der Waals surface area contributed by atoms with Crippen molar-refractivity contribution < 1.29 is 0 Å². The van der Waals surface area contributed by atoms with Crippen LogP contribution in [0.5, 0.6) is 0 Å². The highest BCUT2D eigenvalue weighted by Crippen LogP contribution is 2.38. The molecule has 5 heteroatoms. The van der Waals surface area contributed by atoms with Crippen molar-refractivity contribution in [3.63, 3.8) is 0 Å². The Labute approximate surface area is 137 Å². The highest BCUT2D eigenvalue weighted by atomic mass is 79.9. The van der Waals surface area contributed by atoms with Crippen LogP contribution in [0.1, 0.15) is 0 Å². The van der Waals surface area contributed by atoms with Crippen LogP contribution in [-0.2, 0) is 0 Å². The van der Waals surface area contributed by atoms with Crippen LogP contribution >= 0.6 is 27.3 Å². The molecule has 0 aliphatic heterocycles. The Hall–Kier alpha value is -1.59. The summed E-state index contributed by atoms with van der Waals surface area (Å²) in [6, 6.07) is 16.9. The molecule has 0 aliphatic carbocycles. The minimum atomic E-state index is 0.934. The van der Waals surface area contributed by atoms with Crippen LogP contribution in [0.15, 0.2) is 53.0 Å². The summed E-state index contributed by atoms with van der Waals surface area (Å²) in [6.45, 7) is 0. The Morgan fingerprint density at radius 1 is 1.00 bits per heavy atom. The number of rotatable bonds is 3. The van der Waals surface area contributed by atoms with E-state index in [4.69, 9.17) is 4.98 Å². The van der Waals surface area contributed by atoms with Gasteiger partial charge in [0.25, 0.3) is 0 Å². The lowest BCUT2D eigenvalue weighted by atomic mass is 9.94. The molecule has 0 atom stereocenters. The standard InChI is InChI=1S/C16H14BBrN2S/c1-19-16-20-14(10-2-6-12(17)7-3-10)15(21-16)11-4-8-13(18)9-5-11/h2-9H,17H2,1H3,(H,19,20). The highest BCUT2D eigenvalue weighted by molar-refractivity contribution is 9.10. The molecule has 0 unspecified atom stereocenters. The highest BCUT2D eigenvalue weighted by Gasteiger charge is 2.14. The molecule has 2 nitrogen and oxygen atoms in total. The number of anilines is 1. The van der Waals surface area contributed by atoms with Crippen molar-refractivity contribution in [3.8, 4) is 21.7 Å². The average molecular weight is 357 g/mol. The lowest BCUT2D eigenvalue weighted by molar-refractivity contribution is 1.36. The van der Waals surface area contributed by atoms with Gasteiger partial charge in [0.1, 0.15) is 7.85 Å². The first-order chi connectivity index (χ1) is 10.2. The Kier molecular flexibility index (Phi) is 4.13. The fourth-order valence-electron chi connectivity index (χ4n) is 2.13. The van der Waals surface area contributed by atoms with Gasteiger partial charge >= 0.3 is 0 Å². The van der Waals surface area contributed by atoms with Gasteiger partial charge in [-0.05, 0) is 17.7 Å². The first kappa shape index (κ1) is 14.4. The molecule has 21 heavy (non-hydrogen) atoms. The molecule has 2 aromatic carbocycles. The molecule has 3 rings (SSSR count). The third-order valence-electron chi connectivity index (χ3n) is 3.27. The van der Waals surface area contributed by atoms with Gasteiger partial charge in [-0.1, -0.05) is 69.1 Å². The van der Waals surface area contributed by atoms with E-state index < -0.39 is 0 Å². The van der Waals surface area contributed by atoms with Gasteiger partial charge in [0, 0.05) is 17.1 Å². The number of hydrogen-bond donors (Lipinski definition) is 1. The van der Waals surface area contributed by atoms with Crippen molar-refractivity contribution >= 4 is 45.7 Å². The van der Waals surface area contributed by atoms with Gasteiger partial charge in [0.2, 0.25) is 0 Å². The molecule has 0 amide bonds. The summed E-state index contributed by atoms with van der Waals surface area (Å²) in [4.78, 5) is 5.91. The van der Waals surface area contributed by atoms with Crippen LogP contribution in [0.3, 0.4) is 0 Å². The normalized spacial score (nSPS) is 10.6. The average Bonchev–Trinajstić information content (AvgIpc) is 2.93. The first-order valence-electron chi connectivity index (χ1n) is 6.69. The monoisotopic (exact) mass is 356 g/mol. The van der Waals surface area contributed by atoms with Crippen LogP contribution in [0, 0.1) is 0 Å². The Morgan fingerprint density at radius 3 is 2.24 bits per heavy atom.